The van der Waals surface area contributed by atoms with Crippen LogP contribution in [0, 0.1) is 22.7 Å². The third-order valence-electron chi connectivity index (χ3n) is 6.01. The van der Waals surface area contributed by atoms with E-state index in [1.165, 1.54) is 6.07 Å². The minimum Gasteiger partial charge on any atom is -0.299 e. The van der Waals surface area contributed by atoms with Crippen molar-refractivity contribution in [2.45, 2.75) is 46.0 Å². The second-order valence-corrected chi connectivity index (χ2v) is 7.94. The summed E-state index contributed by atoms with van der Waals surface area (Å²) < 4.78 is 38.0. The molecule has 0 saturated carbocycles. The topological polar surface area (TPSA) is 44.9 Å². The van der Waals surface area contributed by atoms with Crippen molar-refractivity contribution in [3.63, 3.8) is 0 Å². The molecule has 0 amide bonds. The molecular formula is C21H25F3N4. The molecule has 2 aromatic rings. The maximum atomic E-state index is 12.7. The van der Waals surface area contributed by atoms with Crippen molar-refractivity contribution in [3.8, 4) is 17.3 Å². The Labute approximate surface area is 163 Å². The van der Waals surface area contributed by atoms with E-state index in [9.17, 15) is 13.2 Å². The Kier molecular flexibility index (Phi) is 5.80. The smallest absolute Gasteiger partial charge is 0.299 e. The number of halogens is 3. The van der Waals surface area contributed by atoms with Crippen LogP contribution in [-0.4, -0.2) is 27.8 Å². The lowest BCUT2D eigenvalue weighted by Crippen LogP contribution is -2.42. The molecule has 1 aliphatic heterocycles. The number of rotatable bonds is 5. The molecule has 2 heterocycles. The second-order valence-electron chi connectivity index (χ2n) is 7.94. The molecule has 1 aliphatic rings. The van der Waals surface area contributed by atoms with Crippen LogP contribution in [0.5, 0.6) is 0 Å². The number of nitriles is 1. The molecule has 0 bridgehead atoms. The van der Waals surface area contributed by atoms with Gasteiger partial charge in [-0.05, 0) is 48.9 Å². The number of aromatic nitrogens is 2. The minimum absolute atomic E-state index is 0.0200. The maximum Gasteiger partial charge on any atom is 0.504 e. The van der Waals surface area contributed by atoms with Gasteiger partial charge in [-0.25, -0.2) is 0 Å². The van der Waals surface area contributed by atoms with Crippen molar-refractivity contribution in [2.24, 2.45) is 11.3 Å². The average Bonchev–Trinajstić information content (AvgIpc) is 3.15. The zero-order valence-electron chi connectivity index (χ0n) is 16.2. The average molecular weight is 390 g/mol. The van der Waals surface area contributed by atoms with E-state index < -0.39 is 6.30 Å². The predicted octanol–water partition coefficient (Wildman–Crippen LogP) is 5.18. The van der Waals surface area contributed by atoms with Gasteiger partial charge in [0.05, 0.1) is 11.8 Å². The highest BCUT2D eigenvalue weighted by Crippen LogP contribution is 2.41. The molecule has 0 atom stereocenters. The van der Waals surface area contributed by atoms with Crippen LogP contribution in [0.3, 0.4) is 0 Å². The lowest BCUT2D eigenvalue weighted by atomic mass is 9.68. The van der Waals surface area contributed by atoms with Gasteiger partial charge in [0.15, 0.2) is 0 Å². The molecule has 7 heteroatoms. The van der Waals surface area contributed by atoms with Gasteiger partial charge in [-0.2, -0.15) is 15.0 Å². The number of hydrogen-bond donors (Lipinski definition) is 0. The summed E-state index contributed by atoms with van der Waals surface area (Å²) in [6, 6.07) is 11.3. The Hall–Kier alpha value is -2.33. The van der Waals surface area contributed by atoms with Gasteiger partial charge in [0, 0.05) is 24.7 Å². The first-order valence-corrected chi connectivity index (χ1v) is 9.55. The molecule has 1 aromatic carbocycles. The molecule has 0 unspecified atom stereocenters. The van der Waals surface area contributed by atoms with Crippen LogP contribution in [0.2, 0.25) is 0 Å². The number of piperidine rings is 1. The van der Waals surface area contributed by atoms with E-state index >= 15 is 0 Å². The van der Waals surface area contributed by atoms with E-state index in [1.54, 1.807) is 0 Å². The van der Waals surface area contributed by atoms with Crippen molar-refractivity contribution in [1.82, 2.24) is 14.7 Å². The highest BCUT2D eigenvalue weighted by Gasteiger charge is 2.37. The Bertz CT molecular complexity index is 823. The summed E-state index contributed by atoms with van der Waals surface area (Å²) in [5.41, 5.74) is 2.21. The molecule has 1 aromatic heterocycles. The molecule has 0 aliphatic carbocycles. The van der Waals surface area contributed by atoms with Crippen molar-refractivity contribution in [3.05, 3.63) is 42.1 Å². The van der Waals surface area contributed by atoms with E-state index in [-0.39, 0.29) is 10.1 Å². The normalized spacial score (nSPS) is 17.6. The number of alkyl halides is 3. The summed E-state index contributed by atoms with van der Waals surface area (Å²) in [5.74, 6) is 0.491. The maximum absolute atomic E-state index is 12.7. The van der Waals surface area contributed by atoms with E-state index in [4.69, 9.17) is 5.26 Å². The van der Waals surface area contributed by atoms with Crippen LogP contribution in [0.1, 0.15) is 38.7 Å². The fourth-order valence-electron chi connectivity index (χ4n) is 3.93. The molecule has 150 valence electrons. The Morgan fingerprint density at radius 2 is 1.79 bits per heavy atom. The third-order valence-corrected chi connectivity index (χ3v) is 6.01. The van der Waals surface area contributed by atoms with Crippen molar-refractivity contribution in [2.75, 3.05) is 13.1 Å². The summed E-state index contributed by atoms with van der Waals surface area (Å²) >= 11 is 0. The van der Waals surface area contributed by atoms with E-state index in [1.807, 2.05) is 24.3 Å². The van der Waals surface area contributed by atoms with E-state index in [0.29, 0.717) is 23.6 Å². The second kappa shape index (κ2) is 7.96. The van der Waals surface area contributed by atoms with Crippen LogP contribution < -0.4 is 0 Å². The highest BCUT2D eigenvalue weighted by atomic mass is 19.4. The highest BCUT2D eigenvalue weighted by molar-refractivity contribution is 5.58. The van der Waals surface area contributed by atoms with E-state index in [2.05, 4.69) is 29.9 Å². The van der Waals surface area contributed by atoms with Gasteiger partial charge >= 0.3 is 6.30 Å². The summed E-state index contributed by atoms with van der Waals surface area (Å²) in [6.45, 7) is 7.12. The molecule has 0 N–H and O–H groups in total. The van der Waals surface area contributed by atoms with Gasteiger partial charge in [-0.3, -0.25) is 4.90 Å². The van der Waals surface area contributed by atoms with Crippen LogP contribution in [0.15, 0.2) is 36.5 Å². The van der Waals surface area contributed by atoms with Gasteiger partial charge in [0.1, 0.15) is 0 Å². The number of benzene rings is 1. The largest absolute Gasteiger partial charge is 0.504 e. The molecule has 3 rings (SSSR count). The van der Waals surface area contributed by atoms with Gasteiger partial charge in [-0.15, -0.1) is 13.2 Å². The van der Waals surface area contributed by atoms with E-state index in [0.717, 1.165) is 44.2 Å². The van der Waals surface area contributed by atoms with Crippen LogP contribution in [0.4, 0.5) is 13.2 Å². The molecule has 4 nitrogen and oxygen atoms in total. The van der Waals surface area contributed by atoms with Crippen molar-refractivity contribution in [1.29, 1.82) is 5.26 Å². The minimum atomic E-state index is -4.50. The standard InChI is InChI=1S/C21H25F3N4/c1-16(2)20(8-11-25)9-13-27(14-10-20)15-17-3-5-18(6-4-17)19-7-12-28(26-19)21(22,23)24/h3-7,12,16H,8-10,13-15H2,1-2H3. The predicted molar refractivity (Wildman–Crippen MR) is 101 cm³/mol. The molecule has 0 radical (unpaired) electrons. The lowest BCUT2D eigenvalue weighted by Gasteiger charge is -2.43. The van der Waals surface area contributed by atoms with Crippen LogP contribution >= 0.6 is 0 Å². The summed E-state index contributed by atoms with van der Waals surface area (Å²) in [7, 11) is 0. The van der Waals surface area contributed by atoms with Crippen molar-refractivity contribution >= 4 is 0 Å². The zero-order valence-corrected chi connectivity index (χ0v) is 16.2. The SMILES string of the molecule is CC(C)C1(CC#N)CCN(Cc2ccc(-c3ccn(C(F)(F)F)n3)cc2)CC1. The summed E-state index contributed by atoms with van der Waals surface area (Å²) in [6.07, 6.45) is -0.920. The summed E-state index contributed by atoms with van der Waals surface area (Å²) in [4.78, 5) is 2.38. The van der Waals surface area contributed by atoms with Gasteiger partial charge in [-0.1, -0.05) is 38.1 Å². The number of nitrogens with zero attached hydrogens (tertiary/aromatic N) is 4. The molecule has 1 fully saturated rings. The number of hydrogen-bond acceptors (Lipinski definition) is 3. The van der Waals surface area contributed by atoms with Gasteiger partial charge < -0.3 is 0 Å². The number of likely N-dealkylation sites (tertiary alicyclic amines) is 1. The molecule has 28 heavy (non-hydrogen) atoms. The first kappa shape index (κ1) is 20.4. The zero-order chi connectivity index (χ0) is 20.4. The fourth-order valence-corrected chi connectivity index (χ4v) is 3.93. The Morgan fingerprint density at radius 1 is 1.14 bits per heavy atom. The van der Waals surface area contributed by atoms with Crippen LogP contribution in [-0.2, 0) is 12.8 Å². The van der Waals surface area contributed by atoms with Crippen molar-refractivity contribution < 1.29 is 13.2 Å². The molecule has 1 saturated heterocycles. The monoisotopic (exact) mass is 390 g/mol. The first-order valence-electron chi connectivity index (χ1n) is 9.55. The Balaban J connectivity index is 1.61. The van der Waals surface area contributed by atoms with Gasteiger partial charge in [0.2, 0.25) is 0 Å². The quantitative estimate of drug-likeness (QED) is 0.707. The van der Waals surface area contributed by atoms with Crippen LogP contribution in [0.25, 0.3) is 11.3 Å². The molecular weight excluding hydrogens is 365 g/mol. The lowest BCUT2D eigenvalue weighted by molar-refractivity contribution is -0.212. The first-order chi connectivity index (χ1) is 13.2. The fraction of sp³-hybridized carbons (Fsp3) is 0.524. The molecule has 0 spiro atoms. The third kappa shape index (κ3) is 4.39. The summed E-state index contributed by atoms with van der Waals surface area (Å²) in [5, 5.41) is 12.8. The van der Waals surface area contributed by atoms with Gasteiger partial charge in [0.25, 0.3) is 0 Å². The Morgan fingerprint density at radius 3 is 2.29 bits per heavy atom.